The monoisotopic (exact) mass is 310 g/mol. The van der Waals surface area contributed by atoms with Crippen LogP contribution in [0.2, 0.25) is 0 Å². The summed E-state index contributed by atoms with van der Waals surface area (Å²) >= 11 is 0. The van der Waals surface area contributed by atoms with Gasteiger partial charge < -0.3 is 5.32 Å². The fourth-order valence-corrected chi connectivity index (χ4v) is 2.51. The van der Waals surface area contributed by atoms with Crippen LogP contribution in [0, 0.1) is 0 Å². The minimum absolute atomic E-state index is 0.00134. The predicted octanol–water partition coefficient (Wildman–Crippen LogP) is 1.49. The van der Waals surface area contributed by atoms with E-state index < -0.39 is 10.0 Å². The molecule has 0 aliphatic heterocycles. The molecule has 2 aromatic heterocycles. The molecule has 0 aliphatic rings. The fraction of sp³-hybridized carbons (Fsp3) is 0.417. The molecule has 0 bridgehead atoms. The second kappa shape index (κ2) is 6.08. The molecule has 0 spiro atoms. The van der Waals surface area contributed by atoms with Crippen molar-refractivity contribution in [1.29, 1.82) is 0 Å². The highest BCUT2D eigenvalue weighted by molar-refractivity contribution is 7.92. The maximum atomic E-state index is 12.2. The number of aromatic nitrogens is 4. The van der Waals surface area contributed by atoms with Crippen LogP contribution in [0.3, 0.4) is 0 Å². The number of sulfonamides is 1. The molecule has 9 heteroatoms. The van der Waals surface area contributed by atoms with E-state index in [0.717, 1.165) is 0 Å². The van der Waals surface area contributed by atoms with Gasteiger partial charge in [-0.15, -0.1) is 0 Å². The zero-order valence-electron chi connectivity index (χ0n) is 12.1. The Labute approximate surface area is 123 Å². The largest absolute Gasteiger partial charge is 0.355 e. The van der Waals surface area contributed by atoms with Crippen molar-refractivity contribution in [2.45, 2.75) is 31.7 Å². The van der Waals surface area contributed by atoms with E-state index in [1.54, 1.807) is 10.9 Å². The van der Waals surface area contributed by atoms with Crippen molar-refractivity contribution in [2.75, 3.05) is 16.6 Å². The molecule has 0 aromatic carbocycles. The minimum atomic E-state index is -3.71. The van der Waals surface area contributed by atoms with Gasteiger partial charge in [0.2, 0.25) is 5.95 Å². The quantitative estimate of drug-likeness (QED) is 0.838. The van der Waals surface area contributed by atoms with Crippen LogP contribution < -0.4 is 10.0 Å². The van der Waals surface area contributed by atoms with Crippen LogP contribution >= 0.6 is 0 Å². The van der Waals surface area contributed by atoms with Gasteiger partial charge in [-0.05, 0) is 20.8 Å². The summed E-state index contributed by atoms with van der Waals surface area (Å²) in [7, 11) is -3.71. The Morgan fingerprint density at radius 2 is 1.90 bits per heavy atom. The average Bonchev–Trinajstić information content (AvgIpc) is 2.88. The summed E-state index contributed by atoms with van der Waals surface area (Å²) in [5, 5.41) is 6.98. The zero-order chi connectivity index (χ0) is 15.5. The molecule has 0 aliphatic carbocycles. The van der Waals surface area contributed by atoms with Gasteiger partial charge in [0.1, 0.15) is 4.90 Å². The topological polar surface area (TPSA) is 102 Å². The van der Waals surface area contributed by atoms with Gasteiger partial charge in [0.05, 0.1) is 24.3 Å². The fourth-order valence-electron chi connectivity index (χ4n) is 1.59. The van der Waals surface area contributed by atoms with Crippen LogP contribution in [-0.4, -0.2) is 34.7 Å². The third-order valence-corrected chi connectivity index (χ3v) is 3.99. The van der Waals surface area contributed by atoms with Crippen LogP contribution in [0.15, 0.2) is 29.7 Å². The number of anilines is 2. The van der Waals surface area contributed by atoms with E-state index in [1.165, 1.54) is 18.6 Å². The number of hydrogen-bond donors (Lipinski definition) is 2. The van der Waals surface area contributed by atoms with Crippen molar-refractivity contribution in [2.24, 2.45) is 0 Å². The summed E-state index contributed by atoms with van der Waals surface area (Å²) in [6.45, 7) is 6.48. The third-order valence-electron chi connectivity index (χ3n) is 2.66. The Kier molecular flexibility index (Phi) is 4.41. The van der Waals surface area contributed by atoms with E-state index in [4.69, 9.17) is 0 Å². The van der Waals surface area contributed by atoms with E-state index >= 15 is 0 Å². The molecule has 0 amide bonds. The van der Waals surface area contributed by atoms with Crippen molar-refractivity contribution in [3.05, 3.63) is 24.8 Å². The van der Waals surface area contributed by atoms with E-state index in [2.05, 4.69) is 25.1 Å². The SMILES string of the molecule is CCNc1ncc(S(=O)(=O)Nc2cnn(C(C)C)c2)cn1. The lowest BCUT2D eigenvalue weighted by Gasteiger charge is -2.07. The van der Waals surface area contributed by atoms with Crippen LogP contribution in [0.25, 0.3) is 0 Å². The second-order valence-electron chi connectivity index (χ2n) is 4.68. The Bertz CT molecular complexity index is 693. The summed E-state index contributed by atoms with van der Waals surface area (Å²) in [4.78, 5) is 7.90. The van der Waals surface area contributed by atoms with Gasteiger partial charge in [0, 0.05) is 18.8 Å². The van der Waals surface area contributed by atoms with Crippen LogP contribution in [0.1, 0.15) is 26.8 Å². The van der Waals surface area contributed by atoms with Crippen LogP contribution in [0.5, 0.6) is 0 Å². The van der Waals surface area contributed by atoms with Crippen molar-refractivity contribution >= 4 is 21.7 Å². The molecular formula is C12H18N6O2S. The normalized spacial score (nSPS) is 11.6. The van der Waals surface area contributed by atoms with E-state index in [-0.39, 0.29) is 10.9 Å². The molecule has 0 saturated carbocycles. The molecule has 0 unspecified atom stereocenters. The molecule has 114 valence electrons. The first-order valence-corrected chi connectivity index (χ1v) is 8.03. The van der Waals surface area contributed by atoms with E-state index in [9.17, 15) is 8.42 Å². The molecule has 2 rings (SSSR count). The lowest BCUT2D eigenvalue weighted by Crippen LogP contribution is -2.14. The Balaban J connectivity index is 2.17. The molecule has 0 radical (unpaired) electrons. The van der Waals surface area contributed by atoms with Gasteiger partial charge in [0.15, 0.2) is 0 Å². The summed E-state index contributed by atoms with van der Waals surface area (Å²) < 4.78 is 28.5. The summed E-state index contributed by atoms with van der Waals surface area (Å²) in [6.07, 6.45) is 5.63. The minimum Gasteiger partial charge on any atom is -0.355 e. The smallest absolute Gasteiger partial charge is 0.265 e. The third kappa shape index (κ3) is 3.69. The maximum absolute atomic E-state index is 12.2. The van der Waals surface area contributed by atoms with Crippen LogP contribution in [0.4, 0.5) is 11.6 Å². The molecular weight excluding hydrogens is 292 g/mol. The zero-order valence-corrected chi connectivity index (χ0v) is 12.9. The first-order chi connectivity index (χ1) is 9.92. The van der Waals surface area contributed by atoms with Gasteiger partial charge in [-0.2, -0.15) is 5.10 Å². The highest BCUT2D eigenvalue weighted by Gasteiger charge is 2.16. The number of hydrogen-bond acceptors (Lipinski definition) is 6. The van der Waals surface area contributed by atoms with Crippen molar-refractivity contribution in [3.63, 3.8) is 0 Å². The predicted molar refractivity (Wildman–Crippen MR) is 79.6 cm³/mol. The molecule has 2 heterocycles. The first-order valence-electron chi connectivity index (χ1n) is 6.55. The Morgan fingerprint density at radius 1 is 1.24 bits per heavy atom. The number of rotatable bonds is 6. The summed E-state index contributed by atoms with van der Waals surface area (Å²) in [5.74, 6) is 0.393. The lowest BCUT2D eigenvalue weighted by atomic mass is 10.4. The summed E-state index contributed by atoms with van der Waals surface area (Å²) in [6, 6.07) is 0.158. The van der Waals surface area contributed by atoms with Crippen molar-refractivity contribution in [1.82, 2.24) is 19.7 Å². The molecule has 2 N–H and O–H groups in total. The average molecular weight is 310 g/mol. The Morgan fingerprint density at radius 3 is 2.43 bits per heavy atom. The first kappa shape index (κ1) is 15.2. The molecule has 0 atom stereocenters. The highest BCUT2D eigenvalue weighted by atomic mass is 32.2. The molecule has 0 fully saturated rings. The van der Waals surface area contributed by atoms with Gasteiger partial charge in [-0.25, -0.2) is 18.4 Å². The van der Waals surface area contributed by atoms with Gasteiger partial charge in [0.25, 0.3) is 10.0 Å². The Hall–Kier alpha value is -2.16. The number of nitrogens with one attached hydrogen (secondary N) is 2. The van der Waals surface area contributed by atoms with Gasteiger partial charge >= 0.3 is 0 Å². The second-order valence-corrected chi connectivity index (χ2v) is 6.36. The summed E-state index contributed by atoms with van der Waals surface area (Å²) in [5.41, 5.74) is 0.402. The number of nitrogens with zero attached hydrogens (tertiary/aromatic N) is 4. The highest BCUT2D eigenvalue weighted by Crippen LogP contribution is 2.16. The molecule has 21 heavy (non-hydrogen) atoms. The van der Waals surface area contributed by atoms with Gasteiger partial charge in [-0.3, -0.25) is 9.40 Å². The van der Waals surface area contributed by atoms with E-state index in [0.29, 0.717) is 18.2 Å². The van der Waals surface area contributed by atoms with Crippen molar-refractivity contribution in [3.8, 4) is 0 Å². The molecule has 2 aromatic rings. The van der Waals surface area contributed by atoms with E-state index in [1.807, 2.05) is 20.8 Å². The molecule has 8 nitrogen and oxygen atoms in total. The van der Waals surface area contributed by atoms with Crippen molar-refractivity contribution < 1.29 is 8.42 Å². The maximum Gasteiger partial charge on any atom is 0.265 e. The van der Waals surface area contributed by atoms with Crippen LogP contribution in [-0.2, 0) is 10.0 Å². The molecule has 0 saturated heterocycles. The van der Waals surface area contributed by atoms with Gasteiger partial charge in [-0.1, -0.05) is 0 Å². The lowest BCUT2D eigenvalue weighted by molar-refractivity contribution is 0.532. The standard InChI is InChI=1S/C12H18N6O2S/c1-4-13-12-14-6-11(7-15-12)21(19,20)17-10-5-16-18(8-10)9(2)3/h5-9,17H,4H2,1-3H3,(H,13,14,15).